The highest BCUT2D eigenvalue weighted by Crippen LogP contribution is 2.65. The second-order valence-electron chi connectivity index (χ2n) is 10.2. The van der Waals surface area contributed by atoms with Gasteiger partial charge in [-0.05, 0) is 83.0 Å². The molecule has 0 aliphatic heterocycles. The molecule has 0 aromatic rings. The maximum Gasteiger partial charge on any atom is 0.313 e. The normalized spacial score (nSPS) is 36.9. The number of hydrogen-bond acceptors (Lipinski definition) is 4. The molecule has 27 heavy (non-hydrogen) atoms. The minimum atomic E-state index is -3.34. The summed E-state index contributed by atoms with van der Waals surface area (Å²) in [4.78, 5) is 13.2. The largest absolute Gasteiger partial charge is 0.458 e. The minimum Gasteiger partial charge on any atom is -0.458 e. The van der Waals surface area contributed by atoms with Crippen LogP contribution in [0, 0.1) is 28.6 Å². The van der Waals surface area contributed by atoms with Crippen molar-refractivity contribution in [2.75, 3.05) is 12.8 Å². The molecule has 2 unspecified atom stereocenters. The molecule has 0 saturated heterocycles. The molecule has 2 atom stereocenters. The van der Waals surface area contributed by atoms with Crippen molar-refractivity contribution >= 4 is 16.0 Å². The molecule has 0 aromatic heterocycles. The van der Waals surface area contributed by atoms with Crippen LogP contribution in [0.15, 0.2) is 0 Å². The van der Waals surface area contributed by atoms with Crippen molar-refractivity contribution in [1.29, 1.82) is 0 Å². The Kier molecular flexibility index (Phi) is 5.48. The monoisotopic (exact) mass is 399 g/mol. The Labute approximate surface area is 165 Å². The van der Waals surface area contributed by atoms with Crippen LogP contribution in [0.3, 0.4) is 0 Å². The lowest BCUT2D eigenvalue weighted by atomic mass is 9.45. The van der Waals surface area contributed by atoms with E-state index < -0.39 is 21.0 Å². The van der Waals surface area contributed by atoms with Gasteiger partial charge in [-0.3, -0.25) is 4.79 Å². The van der Waals surface area contributed by atoms with Crippen LogP contribution in [0.2, 0.25) is 0 Å². The summed E-state index contributed by atoms with van der Waals surface area (Å²) in [6.45, 7) is 8.08. The van der Waals surface area contributed by atoms with Crippen molar-refractivity contribution in [1.82, 2.24) is 4.72 Å². The van der Waals surface area contributed by atoms with Crippen molar-refractivity contribution in [3.63, 3.8) is 0 Å². The fourth-order valence-electron chi connectivity index (χ4n) is 6.27. The Morgan fingerprint density at radius 3 is 1.89 bits per heavy atom. The molecule has 1 N–H and O–H groups in total. The van der Waals surface area contributed by atoms with Gasteiger partial charge in [-0.25, -0.2) is 13.1 Å². The number of esters is 1. The van der Waals surface area contributed by atoms with E-state index in [2.05, 4.69) is 18.6 Å². The van der Waals surface area contributed by atoms with Gasteiger partial charge < -0.3 is 4.74 Å². The van der Waals surface area contributed by atoms with Gasteiger partial charge >= 0.3 is 5.97 Å². The molecule has 4 rings (SSSR count). The first-order valence-corrected chi connectivity index (χ1v) is 12.5. The molecule has 0 aromatic carbocycles. The van der Waals surface area contributed by atoms with Gasteiger partial charge in [0.2, 0.25) is 10.0 Å². The molecule has 0 amide bonds. The van der Waals surface area contributed by atoms with Crippen molar-refractivity contribution in [3.05, 3.63) is 0 Å². The summed E-state index contributed by atoms with van der Waals surface area (Å²) in [5.41, 5.74) is -1.21. The molecule has 0 spiro atoms. The zero-order valence-electron chi connectivity index (χ0n) is 17.6. The van der Waals surface area contributed by atoms with Gasteiger partial charge in [-0.1, -0.05) is 13.8 Å². The van der Waals surface area contributed by atoms with E-state index in [9.17, 15) is 13.2 Å². The van der Waals surface area contributed by atoms with E-state index >= 15 is 0 Å². The average Bonchev–Trinajstić information content (AvgIpc) is 2.57. The van der Waals surface area contributed by atoms with Gasteiger partial charge in [0.15, 0.2) is 0 Å². The fourth-order valence-corrected chi connectivity index (χ4v) is 6.85. The summed E-state index contributed by atoms with van der Waals surface area (Å²) >= 11 is 0. The lowest BCUT2D eigenvalue weighted by molar-refractivity contribution is -0.212. The van der Waals surface area contributed by atoms with Gasteiger partial charge in [-0.15, -0.1) is 0 Å². The summed E-state index contributed by atoms with van der Waals surface area (Å²) < 4.78 is 31.9. The highest BCUT2D eigenvalue weighted by molar-refractivity contribution is 7.88. The highest BCUT2D eigenvalue weighted by Gasteiger charge is 2.60. The van der Waals surface area contributed by atoms with Gasteiger partial charge in [-0.2, -0.15) is 0 Å². The summed E-state index contributed by atoms with van der Waals surface area (Å²) in [6, 6.07) is 0. The number of carbonyl (C=O) groups is 1. The molecular weight excluding hydrogens is 362 g/mol. The quantitative estimate of drug-likeness (QED) is 0.629. The molecular formula is C21H37NO4S. The van der Waals surface area contributed by atoms with Crippen LogP contribution in [-0.2, 0) is 19.6 Å². The van der Waals surface area contributed by atoms with E-state index in [1.54, 1.807) is 0 Å². The number of nitrogens with one attached hydrogen (secondary N) is 1. The molecule has 4 aliphatic rings. The van der Waals surface area contributed by atoms with Gasteiger partial charge in [0.05, 0.1) is 11.7 Å². The first-order valence-electron chi connectivity index (χ1n) is 10.6. The summed E-state index contributed by atoms with van der Waals surface area (Å²) in [5, 5.41) is 0. The van der Waals surface area contributed by atoms with Crippen LogP contribution in [0.25, 0.3) is 0 Å². The molecule has 4 bridgehead atoms. The van der Waals surface area contributed by atoms with Crippen LogP contribution >= 0.6 is 0 Å². The van der Waals surface area contributed by atoms with E-state index in [1.165, 1.54) is 38.5 Å². The minimum absolute atomic E-state index is 0.0852. The number of carbonyl (C=O) groups excluding carboxylic acids is 1. The van der Waals surface area contributed by atoms with Crippen molar-refractivity contribution in [3.8, 4) is 0 Å². The standard InChI is InChI=1S/C21H37NO4S/c1-6-19(3,14-22-27(5,24)25)18(23)26-20(4,7-2)21-11-15-8-16(12-21)10-17(9-15)13-21/h15-17,22H,6-14H2,1-5H3. The third kappa shape index (κ3) is 3.93. The second kappa shape index (κ2) is 7.01. The van der Waals surface area contributed by atoms with E-state index in [-0.39, 0.29) is 17.9 Å². The Morgan fingerprint density at radius 1 is 1.04 bits per heavy atom. The third-order valence-electron chi connectivity index (χ3n) is 8.15. The van der Waals surface area contributed by atoms with Gasteiger partial charge in [0.25, 0.3) is 0 Å². The summed E-state index contributed by atoms with van der Waals surface area (Å²) in [7, 11) is -3.34. The van der Waals surface area contributed by atoms with E-state index in [0.717, 1.165) is 30.4 Å². The predicted octanol–water partition coefficient (Wildman–Crippen LogP) is 3.88. The first kappa shape index (κ1) is 21.1. The van der Waals surface area contributed by atoms with E-state index in [0.29, 0.717) is 6.42 Å². The van der Waals surface area contributed by atoms with Crippen LogP contribution in [0.5, 0.6) is 0 Å². The molecule has 5 nitrogen and oxygen atoms in total. The van der Waals surface area contributed by atoms with Crippen LogP contribution in [0.4, 0.5) is 0 Å². The molecule has 6 heteroatoms. The highest BCUT2D eigenvalue weighted by atomic mass is 32.2. The average molecular weight is 400 g/mol. The van der Waals surface area contributed by atoms with Gasteiger partial charge in [0.1, 0.15) is 5.60 Å². The number of hydrogen-bond donors (Lipinski definition) is 1. The van der Waals surface area contributed by atoms with Crippen LogP contribution < -0.4 is 4.72 Å². The Balaban J connectivity index is 1.79. The zero-order chi connectivity index (χ0) is 20.1. The zero-order valence-corrected chi connectivity index (χ0v) is 18.5. The lowest BCUT2D eigenvalue weighted by Gasteiger charge is -2.62. The smallest absolute Gasteiger partial charge is 0.313 e. The summed E-state index contributed by atoms with van der Waals surface area (Å²) in [5.74, 6) is 2.13. The Morgan fingerprint density at radius 2 is 1.52 bits per heavy atom. The molecule has 0 radical (unpaired) electrons. The molecule has 4 saturated carbocycles. The summed E-state index contributed by atoms with van der Waals surface area (Å²) in [6.07, 6.45) is 10.1. The van der Waals surface area contributed by atoms with E-state index in [4.69, 9.17) is 4.74 Å². The third-order valence-corrected chi connectivity index (χ3v) is 8.82. The SMILES string of the molecule is CCC(C)(CNS(C)(=O)=O)C(=O)OC(C)(CC)C12CC3CC(CC(C3)C1)C2. The van der Waals surface area contributed by atoms with Crippen LogP contribution in [-0.4, -0.2) is 32.8 Å². The topological polar surface area (TPSA) is 72.5 Å². The molecule has 156 valence electrons. The fraction of sp³-hybridized carbons (Fsp3) is 0.952. The van der Waals surface area contributed by atoms with Crippen molar-refractivity contribution in [2.45, 2.75) is 84.7 Å². The predicted molar refractivity (Wildman–Crippen MR) is 107 cm³/mol. The maximum atomic E-state index is 13.2. The second-order valence-corrected chi connectivity index (χ2v) is 12.0. The van der Waals surface area contributed by atoms with E-state index in [1.807, 2.05) is 13.8 Å². The lowest BCUT2D eigenvalue weighted by Crippen LogP contribution is -2.59. The van der Waals surface area contributed by atoms with Crippen molar-refractivity contribution < 1.29 is 17.9 Å². The Hall–Kier alpha value is -0.620. The number of sulfonamides is 1. The van der Waals surface area contributed by atoms with Gasteiger partial charge in [0, 0.05) is 12.0 Å². The van der Waals surface area contributed by atoms with Crippen molar-refractivity contribution in [2.24, 2.45) is 28.6 Å². The molecule has 0 heterocycles. The first-order chi connectivity index (χ1) is 12.4. The maximum absolute atomic E-state index is 13.2. The van der Waals surface area contributed by atoms with Crippen LogP contribution in [0.1, 0.15) is 79.1 Å². The molecule has 4 fully saturated rings. The number of rotatable bonds is 8. The Bertz CT molecular complexity index is 653. The molecule has 4 aliphatic carbocycles. The number of ether oxygens (including phenoxy) is 1.